The second kappa shape index (κ2) is 6.23. The van der Waals surface area contributed by atoms with Crippen LogP contribution in [0.5, 0.6) is 0 Å². The molecule has 0 aliphatic carbocycles. The molecule has 0 heterocycles. The van der Waals surface area contributed by atoms with Crippen molar-refractivity contribution in [3.63, 3.8) is 0 Å². The Labute approximate surface area is 117 Å². The molecule has 0 aliphatic heterocycles. The molecule has 1 amide bonds. The number of hydrogen-bond donors (Lipinski definition) is 2. The highest BCUT2D eigenvalue weighted by Crippen LogP contribution is 2.26. The molecule has 0 bridgehead atoms. The van der Waals surface area contributed by atoms with E-state index in [1.165, 1.54) is 25.3 Å². The van der Waals surface area contributed by atoms with Gasteiger partial charge in [-0.05, 0) is 25.1 Å². The molecule has 0 radical (unpaired) electrons. The average Bonchev–Trinajstić information content (AvgIpc) is 2.30. The number of rotatable bonds is 5. The summed E-state index contributed by atoms with van der Waals surface area (Å²) >= 11 is 5.93. The van der Waals surface area contributed by atoms with Gasteiger partial charge in [0.05, 0.1) is 22.7 Å². The van der Waals surface area contributed by atoms with E-state index in [0.717, 1.165) is 6.26 Å². The van der Waals surface area contributed by atoms with Crippen molar-refractivity contribution in [2.24, 2.45) is 0 Å². The van der Waals surface area contributed by atoms with Gasteiger partial charge in [0.2, 0.25) is 10.0 Å². The predicted molar refractivity (Wildman–Crippen MR) is 75.0 cm³/mol. The standard InChI is InChI=1S/C11H15ClN2O4S/c1-7(18-2)11(15)13-10-6-8(4-5-9(10)12)14-19(3,16)17/h4-7,14H,1-3H3,(H,13,15). The summed E-state index contributed by atoms with van der Waals surface area (Å²) in [5, 5.41) is 2.86. The average molecular weight is 307 g/mol. The van der Waals surface area contributed by atoms with Gasteiger partial charge in [-0.25, -0.2) is 8.42 Å². The number of amides is 1. The number of anilines is 2. The lowest BCUT2D eigenvalue weighted by molar-refractivity contribution is -0.124. The summed E-state index contributed by atoms with van der Waals surface area (Å²) < 4.78 is 29.4. The first-order chi connectivity index (χ1) is 8.73. The van der Waals surface area contributed by atoms with Crippen LogP contribution in [0.25, 0.3) is 0 Å². The largest absolute Gasteiger partial charge is 0.372 e. The van der Waals surface area contributed by atoms with E-state index in [-0.39, 0.29) is 5.91 Å². The molecule has 0 saturated heterocycles. The van der Waals surface area contributed by atoms with Crippen LogP contribution in [0.3, 0.4) is 0 Å². The van der Waals surface area contributed by atoms with Crippen LogP contribution in [0, 0.1) is 0 Å². The second-order valence-corrected chi connectivity index (χ2v) is 6.09. The number of ether oxygens (including phenoxy) is 1. The highest BCUT2D eigenvalue weighted by molar-refractivity contribution is 7.92. The van der Waals surface area contributed by atoms with Gasteiger partial charge in [0, 0.05) is 7.11 Å². The third-order valence-electron chi connectivity index (χ3n) is 2.25. The second-order valence-electron chi connectivity index (χ2n) is 3.94. The van der Waals surface area contributed by atoms with Gasteiger partial charge in [-0.15, -0.1) is 0 Å². The van der Waals surface area contributed by atoms with Crippen LogP contribution in [0.2, 0.25) is 5.02 Å². The fraction of sp³-hybridized carbons (Fsp3) is 0.364. The topological polar surface area (TPSA) is 84.5 Å². The van der Waals surface area contributed by atoms with Crippen LogP contribution in [-0.2, 0) is 19.6 Å². The van der Waals surface area contributed by atoms with Crippen molar-refractivity contribution in [2.75, 3.05) is 23.4 Å². The van der Waals surface area contributed by atoms with E-state index in [9.17, 15) is 13.2 Å². The molecule has 1 atom stereocenters. The summed E-state index contributed by atoms with van der Waals surface area (Å²) in [6.07, 6.45) is 0.398. The van der Waals surface area contributed by atoms with E-state index in [0.29, 0.717) is 16.4 Å². The molecule has 1 rings (SSSR count). The highest BCUT2D eigenvalue weighted by Gasteiger charge is 2.14. The third kappa shape index (κ3) is 5.06. The minimum Gasteiger partial charge on any atom is -0.372 e. The molecule has 19 heavy (non-hydrogen) atoms. The maximum atomic E-state index is 11.7. The van der Waals surface area contributed by atoms with E-state index in [4.69, 9.17) is 16.3 Å². The first-order valence-electron chi connectivity index (χ1n) is 5.34. The lowest BCUT2D eigenvalue weighted by Crippen LogP contribution is -2.26. The Balaban J connectivity index is 2.95. The van der Waals surface area contributed by atoms with Crippen LogP contribution >= 0.6 is 11.6 Å². The molecule has 6 nitrogen and oxygen atoms in total. The maximum absolute atomic E-state index is 11.7. The van der Waals surface area contributed by atoms with Crippen molar-refractivity contribution in [3.8, 4) is 0 Å². The van der Waals surface area contributed by atoms with Gasteiger partial charge in [0.25, 0.3) is 5.91 Å². The highest BCUT2D eigenvalue weighted by atomic mass is 35.5. The van der Waals surface area contributed by atoms with Crippen molar-refractivity contribution in [1.29, 1.82) is 0 Å². The van der Waals surface area contributed by atoms with E-state index in [1.807, 2.05) is 0 Å². The van der Waals surface area contributed by atoms with Crippen molar-refractivity contribution < 1.29 is 17.9 Å². The van der Waals surface area contributed by atoms with Gasteiger partial charge in [-0.1, -0.05) is 11.6 Å². The summed E-state index contributed by atoms with van der Waals surface area (Å²) in [5.74, 6) is -0.374. The van der Waals surface area contributed by atoms with E-state index in [2.05, 4.69) is 10.0 Å². The van der Waals surface area contributed by atoms with Crippen molar-refractivity contribution >= 4 is 38.9 Å². The molecular formula is C11H15ClN2O4S. The van der Waals surface area contributed by atoms with Gasteiger partial charge in [0.1, 0.15) is 6.10 Å². The van der Waals surface area contributed by atoms with E-state index >= 15 is 0 Å². The summed E-state index contributed by atoms with van der Waals surface area (Å²) in [5.41, 5.74) is 0.622. The minimum absolute atomic E-state index is 0.302. The molecule has 8 heteroatoms. The Morgan fingerprint density at radius 1 is 1.42 bits per heavy atom. The summed E-state index contributed by atoms with van der Waals surface area (Å²) in [4.78, 5) is 11.7. The molecule has 0 fully saturated rings. The molecule has 0 spiro atoms. The number of halogens is 1. The molecule has 0 saturated carbocycles. The Kier molecular flexibility index (Phi) is 5.16. The minimum atomic E-state index is -3.39. The quantitative estimate of drug-likeness (QED) is 0.867. The molecule has 1 unspecified atom stereocenters. The number of methoxy groups -OCH3 is 1. The van der Waals surface area contributed by atoms with Gasteiger partial charge in [0.15, 0.2) is 0 Å². The van der Waals surface area contributed by atoms with Crippen LogP contribution in [0.15, 0.2) is 18.2 Å². The zero-order valence-corrected chi connectivity index (χ0v) is 12.3. The van der Waals surface area contributed by atoms with Gasteiger partial charge >= 0.3 is 0 Å². The van der Waals surface area contributed by atoms with E-state index in [1.54, 1.807) is 6.92 Å². The molecule has 2 N–H and O–H groups in total. The number of nitrogens with one attached hydrogen (secondary N) is 2. The number of carbonyl (C=O) groups excluding carboxylic acids is 1. The van der Waals surface area contributed by atoms with Gasteiger partial charge in [-0.2, -0.15) is 0 Å². The Morgan fingerprint density at radius 3 is 2.58 bits per heavy atom. The molecule has 0 aliphatic rings. The number of carbonyl (C=O) groups is 1. The molecule has 106 valence electrons. The molecule has 1 aromatic rings. The number of sulfonamides is 1. The molecule has 1 aromatic carbocycles. The fourth-order valence-corrected chi connectivity index (χ4v) is 1.96. The molecule has 0 aromatic heterocycles. The van der Waals surface area contributed by atoms with E-state index < -0.39 is 16.1 Å². The van der Waals surface area contributed by atoms with Gasteiger partial charge < -0.3 is 10.1 Å². The van der Waals surface area contributed by atoms with Crippen molar-refractivity contribution in [1.82, 2.24) is 0 Å². The smallest absolute Gasteiger partial charge is 0.253 e. The third-order valence-corrected chi connectivity index (χ3v) is 3.19. The molecular weight excluding hydrogens is 292 g/mol. The Morgan fingerprint density at radius 2 is 2.05 bits per heavy atom. The Bertz CT molecular complexity index is 574. The first kappa shape index (κ1) is 15.7. The normalized spacial score (nSPS) is 12.8. The monoisotopic (exact) mass is 306 g/mol. The lowest BCUT2D eigenvalue weighted by atomic mass is 10.2. The summed E-state index contributed by atoms with van der Waals surface area (Å²) in [6, 6.07) is 4.42. The zero-order valence-electron chi connectivity index (χ0n) is 10.7. The van der Waals surface area contributed by atoms with Crippen LogP contribution in [0.4, 0.5) is 11.4 Å². The summed E-state index contributed by atoms with van der Waals surface area (Å²) in [6.45, 7) is 1.59. The van der Waals surface area contributed by atoms with Crippen molar-refractivity contribution in [2.45, 2.75) is 13.0 Å². The Hall–Kier alpha value is -1.31. The number of hydrogen-bond acceptors (Lipinski definition) is 4. The van der Waals surface area contributed by atoms with Gasteiger partial charge in [-0.3, -0.25) is 9.52 Å². The van der Waals surface area contributed by atoms with Crippen LogP contribution in [0.1, 0.15) is 6.92 Å². The van der Waals surface area contributed by atoms with Crippen molar-refractivity contribution in [3.05, 3.63) is 23.2 Å². The summed E-state index contributed by atoms with van der Waals surface area (Å²) in [7, 11) is -1.98. The maximum Gasteiger partial charge on any atom is 0.253 e. The zero-order chi connectivity index (χ0) is 14.6. The first-order valence-corrected chi connectivity index (χ1v) is 7.61. The predicted octanol–water partition coefficient (Wildman–Crippen LogP) is 1.68. The number of benzene rings is 1. The van der Waals surface area contributed by atoms with Crippen LogP contribution in [-0.4, -0.2) is 33.8 Å². The fourth-order valence-electron chi connectivity index (χ4n) is 1.24. The van der Waals surface area contributed by atoms with Crippen LogP contribution < -0.4 is 10.0 Å². The SMILES string of the molecule is COC(C)C(=O)Nc1cc(NS(C)(=O)=O)ccc1Cl. The lowest BCUT2D eigenvalue weighted by Gasteiger charge is -2.13.